The molecule has 0 saturated heterocycles. The molecule has 0 aliphatic rings. The van der Waals surface area contributed by atoms with E-state index < -0.39 is 5.82 Å². The van der Waals surface area contributed by atoms with Crippen LogP contribution in [0.4, 0.5) is 15.8 Å². The van der Waals surface area contributed by atoms with Crippen molar-refractivity contribution in [2.45, 2.75) is 13.3 Å². The van der Waals surface area contributed by atoms with Crippen LogP contribution in [-0.2, 0) is 20.8 Å². The summed E-state index contributed by atoms with van der Waals surface area (Å²) in [5.41, 5.74) is 1.69. The van der Waals surface area contributed by atoms with E-state index in [2.05, 4.69) is 16.0 Å². The van der Waals surface area contributed by atoms with Gasteiger partial charge in [-0.1, -0.05) is 12.1 Å². The van der Waals surface area contributed by atoms with Gasteiger partial charge in [0.1, 0.15) is 5.82 Å². The third kappa shape index (κ3) is 6.42. The van der Waals surface area contributed by atoms with E-state index in [1.807, 2.05) is 0 Å². The van der Waals surface area contributed by atoms with Gasteiger partial charge < -0.3 is 16.0 Å². The van der Waals surface area contributed by atoms with Crippen molar-refractivity contribution in [1.29, 1.82) is 0 Å². The van der Waals surface area contributed by atoms with Gasteiger partial charge in [-0.05, 0) is 42.0 Å². The lowest BCUT2D eigenvalue weighted by atomic mass is 10.1. The highest BCUT2D eigenvalue weighted by atomic mass is 19.1. The number of hydrogen-bond acceptors (Lipinski definition) is 3. The Hall–Kier alpha value is -3.22. The van der Waals surface area contributed by atoms with Crippen molar-refractivity contribution in [3.05, 3.63) is 59.9 Å². The summed E-state index contributed by atoms with van der Waals surface area (Å²) in [4.78, 5) is 34.5. The molecule has 0 saturated carbocycles. The van der Waals surface area contributed by atoms with E-state index in [1.54, 1.807) is 30.3 Å². The molecule has 25 heavy (non-hydrogen) atoms. The second kappa shape index (κ2) is 8.58. The van der Waals surface area contributed by atoms with Gasteiger partial charge in [-0.15, -0.1) is 0 Å². The average molecular weight is 343 g/mol. The van der Waals surface area contributed by atoms with Gasteiger partial charge in [0.25, 0.3) is 0 Å². The Labute approximate surface area is 144 Å². The average Bonchev–Trinajstić information content (AvgIpc) is 2.54. The summed E-state index contributed by atoms with van der Waals surface area (Å²) in [7, 11) is 0. The Morgan fingerprint density at radius 1 is 0.920 bits per heavy atom. The van der Waals surface area contributed by atoms with E-state index in [0.717, 1.165) is 0 Å². The molecule has 6 nitrogen and oxygen atoms in total. The second-order valence-electron chi connectivity index (χ2n) is 5.39. The number of halogens is 1. The molecule has 2 aromatic carbocycles. The minimum absolute atomic E-state index is 0.00352. The molecular formula is C18H18FN3O3. The molecular weight excluding hydrogens is 325 g/mol. The maximum Gasteiger partial charge on any atom is 0.243 e. The first kappa shape index (κ1) is 18.1. The molecule has 0 radical (unpaired) electrons. The van der Waals surface area contributed by atoms with Crippen LogP contribution in [0.3, 0.4) is 0 Å². The van der Waals surface area contributed by atoms with E-state index in [9.17, 15) is 18.8 Å². The van der Waals surface area contributed by atoms with Gasteiger partial charge in [0, 0.05) is 18.3 Å². The molecule has 2 aromatic rings. The van der Waals surface area contributed by atoms with Crippen molar-refractivity contribution >= 4 is 29.1 Å². The normalized spacial score (nSPS) is 10.0. The Morgan fingerprint density at radius 2 is 1.56 bits per heavy atom. The molecule has 0 unspecified atom stereocenters. The lowest BCUT2D eigenvalue weighted by Gasteiger charge is -2.08. The van der Waals surface area contributed by atoms with Crippen molar-refractivity contribution in [2.24, 2.45) is 0 Å². The zero-order chi connectivity index (χ0) is 18.2. The van der Waals surface area contributed by atoms with Crippen molar-refractivity contribution in [2.75, 3.05) is 17.2 Å². The number of hydrogen-bond donors (Lipinski definition) is 3. The third-order valence-corrected chi connectivity index (χ3v) is 3.19. The highest BCUT2D eigenvalue weighted by molar-refractivity contribution is 5.95. The largest absolute Gasteiger partial charge is 0.347 e. The van der Waals surface area contributed by atoms with Crippen LogP contribution >= 0.6 is 0 Å². The molecule has 0 aliphatic heterocycles. The van der Waals surface area contributed by atoms with Gasteiger partial charge in [-0.2, -0.15) is 0 Å². The topological polar surface area (TPSA) is 87.3 Å². The number of nitrogens with one attached hydrogen (secondary N) is 3. The minimum Gasteiger partial charge on any atom is -0.347 e. The zero-order valence-electron chi connectivity index (χ0n) is 13.6. The van der Waals surface area contributed by atoms with Crippen LogP contribution in [0.2, 0.25) is 0 Å². The summed E-state index contributed by atoms with van der Waals surface area (Å²) in [5.74, 6) is -1.36. The predicted molar refractivity (Wildman–Crippen MR) is 92.5 cm³/mol. The molecule has 0 heterocycles. The monoisotopic (exact) mass is 343 g/mol. The highest BCUT2D eigenvalue weighted by Crippen LogP contribution is 2.13. The van der Waals surface area contributed by atoms with Crippen LogP contribution in [0, 0.1) is 5.82 Å². The van der Waals surface area contributed by atoms with Gasteiger partial charge in [-0.3, -0.25) is 14.4 Å². The SMILES string of the molecule is CC(=O)Nc1ccc(NC(=O)CNC(=O)Cc2cccc(F)c2)cc1. The second-order valence-corrected chi connectivity index (χ2v) is 5.39. The quantitative estimate of drug-likeness (QED) is 0.750. The van der Waals surface area contributed by atoms with Crippen LogP contribution < -0.4 is 16.0 Å². The molecule has 0 aliphatic carbocycles. The molecule has 0 fully saturated rings. The summed E-state index contributed by atoms with van der Waals surface area (Å²) in [6.07, 6.45) is -0.00352. The summed E-state index contributed by atoms with van der Waals surface area (Å²) in [5, 5.41) is 7.72. The Kier molecular flexibility index (Phi) is 6.22. The molecule has 2 rings (SSSR count). The van der Waals surface area contributed by atoms with E-state index in [1.165, 1.54) is 25.1 Å². The smallest absolute Gasteiger partial charge is 0.243 e. The Morgan fingerprint density at radius 3 is 2.16 bits per heavy atom. The fraction of sp³-hybridized carbons (Fsp3) is 0.167. The standard InChI is InChI=1S/C18H18FN3O3/c1-12(23)21-15-5-7-16(8-6-15)22-18(25)11-20-17(24)10-13-3-2-4-14(19)9-13/h2-9H,10-11H2,1H3,(H,20,24)(H,21,23)(H,22,25). The van der Waals surface area contributed by atoms with Gasteiger partial charge >= 0.3 is 0 Å². The molecule has 0 atom stereocenters. The Bertz CT molecular complexity index is 775. The lowest BCUT2D eigenvalue weighted by molar-refractivity contribution is -0.123. The van der Waals surface area contributed by atoms with E-state index in [4.69, 9.17) is 0 Å². The van der Waals surface area contributed by atoms with Crippen LogP contribution in [0.15, 0.2) is 48.5 Å². The minimum atomic E-state index is -0.411. The van der Waals surface area contributed by atoms with Crippen molar-refractivity contribution in [3.63, 3.8) is 0 Å². The van der Waals surface area contributed by atoms with E-state index in [0.29, 0.717) is 16.9 Å². The first-order valence-electron chi connectivity index (χ1n) is 7.61. The fourth-order valence-electron chi connectivity index (χ4n) is 2.12. The number of anilines is 2. The van der Waals surface area contributed by atoms with E-state index >= 15 is 0 Å². The lowest BCUT2D eigenvalue weighted by Crippen LogP contribution is -2.33. The molecule has 3 N–H and O–H groups in total. The van der Waals surface area contributed by atoms with Crippen molar-refractivity contribution in [3.8, 4) is 0 Å². The molecule has 0 aromatic heterocycles. The van der Waals surface area contributed by atoms with Gasteiger partial charge in [0.05, 0.1) is 13.0 Å². The summed E-state index contributed by atoms with van der Waals surface area (Å²) in [6, 6.07) is 12.3. The maximum absolute atomic E-state index is 13.1. The van der Waals surface area contributed by atoms with E-state index in [-0.39, 0.29) is 30.7 Å². The molecule has 3 amide bonds. The number of amides is 3. The number of carbonyl (C=O) groups is 3. The summed E-state index contributed by atoms with van der Waals surface area (Å²) < 4.78 is 13.1. The first-order chi connectivity index (χ1) is 11.9. The summed E-state index contributed by atoms with van der Waals surface area (Å²) >= 11 is 0. The molecule has 7 heteroatoms. The van der Waals surface area contributed by atoms with Crippen LogP contribution in [0.1, 0.15) is 12.5 Å². The van der Waals surface area contributed by atoms with Gasteiger partial charge in [0.15, 0.2) is 0 Å². The van der Waals surface area contributed by atoms with Crippen molar-refractivity contribution < 1.29 is 18.8 Å². The number of benzene rings is 2. The Balaban J connectivity index is 1.78. The van der Waals surface area contributed by atoms with Crippen LogP contribution in [0.5, 0.6) is 0 Å². The maximum atomic E-state index is 13.1. The fourth-order valence-corrected chi connectivity index (χ4v) is 2.12. The molecule has 0 bridgehead atoms. The van der Waals surface area contributed by atoms with Gasteiger partial charge in [-0.25, -0.2) is 4.39 Å². The van der Waals surface area contributed by atoms with Crippen LogP contribution in [0.25, 0.3) is 0 Å². The number of carbonyl (C=O) groups excluding carboxylic acids is 3. The van der Waals surface area contributed by atoms with Crippen LogP contribution in [-0.4, -0.2) is 24.3 Å². The van der Waals surface area contributed by atoms with Gasteiger partial charge in [0.2, 0.25) is 17.7 Å². The summed E-state index contributed by atoms with van der Waals surface area (Å²) in [6.45, 7) is 1.21. The third-order valence-electron chi connectivity index (χ3n) is 3.19. The molecule has 0 spiro atoms. The first-order valence-corrected chi connectivity index (χ1v) is 7.61. The predicted octanol–water partition coefficient (Wildman–Crippen LogP) is 2.08. The molecule has 130 valence electrons. The zero-order valence-corrected chi connectivity index (χ0v) is 13.6. The number of rotatable bonds is 6. The highest BCUT2D eigenvalue weighted by Gasteiger charge is 2.08. The van der Waals surface area contributed by atoms with Crippen molar-refractivity contribution in [1.82, 2.24) is 5.32 Å².